The van der Waals surface area contributed by atoms with Crippen LogP contribution in [0.25, 0.3) is 0 Å². The van der Waals surface area contributed by atoms with Gasteiger partial charge in [0.15, 0.2) is 0 Å². The highest BCUT2D eigenvalue weighted by molar-refractivity contribution is 5.77. The van der Waals surface area contributed by atoms with Crippen LogP contribution in [0, 0.1) is 5.92 Å². The Morgan fingerprint density at radius 3 is 2.67 bits per heavy atom. The fraction of sp³-hybridized carbons (Fsp3) is 0.333. The van der Waals surface area contributed by atoms with Crippen molar-refractivity contribution in [3.8, 4) is 0 Å². The maximum absolute atomic E-state index is 11.2. The van der Waals surface area contributed by atoms with Crippen LogP contribution in [0.5, 0.6) is 0 Å². The van der Waals surface area contributed by atoms with Gasteiger partial charge in [-0.15, -0.1) is 0 Å². The summed E-state index contributed by atoms with van der Waals surface area (Å²) in [5.74, 6) is 0.575. The zero-order valence-corrected chi connectivity index (χ0v) is 12.6. The van der Waals surface area contributed by atoms with Crippen molar-refractivity contribution < 1.29 is 4.79 Å². The summed E-state index contributed by atoms with van der Waals surface area (Å²) >= 11 is 0. The van der Waals surface area contributed by atoms with Gasteiger partial charge in [-0.05, 0) is 36.1 Å². The van der Waals surface area contributed by atoms with Crippen molar-refractivity contribution >= 4 is 6.29 Å². The predicted octanol–water partition coefficient (Wildman–Crippen LogP) is 3.42. The molecule has 0 aliphatic rings. The first-order chi connectivity index (χ1) is 10.2. The van der Waals surface area contributed by atoms with Crippen LogP contribution >= 0.6 is 0 Å². The van der Waals surface area contributed by atoms with E-state index in [-0.39, 0.29) is 6.04 Å². The van der Waals surface area contributed by atoms with Crippen LogP contribution in [-0.4, -0.2) is 17.8 Å². The van der Waals surface area contributed by atoms with Gasteiger partial charge in [-0.1, -0.05) is 44.2 Å². The minimum absolute atomic E-state index is 0.169. The molecular weight excluding hydrogens is 260 g/mol. The summed E-state index contributed by atoms with van der Waals surface area (Å²) in [5.41, 5.74) is 2.98. The van der Waals surface area contributed by atoms with E-state index in [4.69, 9.17) is 0 Å². The highest BCUT2D eigenvalue weighted by atomic mass is 16.1. The van der Waals surface area contributed by atoms with Crippen molar-refractivity contribution in [2.24, 2.45) is 5.92 Å². The zero-order chi connectivity index (χ0) is 15.1. The van der Waals surface area contributed by atoms with Crippen LogP contribution in [0.4, 0.5) is 0 Å². The lowest BCUT2D eigenvalue weighted by molar-refractivity contribution is 0.112. The third kappa shape index (κ3) is 4.50. The van der Waals surface area contributed by atoms with Gasteiger partial charge in [0.25, 0.3) is 0 Å². The number of pyridine rings is 1. The van der Waals surface area contributed by atoms with Gasteiger partial charge in [-0.25, -0.2) is 0 Å². The molecule has 0 bridgehead atoms. The fourth-order valence-corrected chi connectivity index (χ4v) is 2.32. The first kappa shape index (κ1) is 15.4. The SMILES string of the molecule is CC(C)CN[C@@H](Cc1ccccc1C=O)c1cccnc1. The first-order valence-corrected chi connectivity index (χ1v) is 7.37. The molecule has 1 N–H and O–H groups in total. The van der Waals surface area contributed by atoms with Gasteiger partial charge >= 0.3 is 0 Å². The second-order valence-corrected chi connectivity index (χ2v) is 5.66. The van der Waals surface area contributed by atoms with Crippen LogP contribution < -0.4 is 5.32 Å². The van der Waals surface area contributed by atoms with E-state index < -0.39 is 0 Å². The normalized spacial score (nSPS) is 12.3. The third-order valence-corrected chi connectivity index (χ3v) is 3.47. The monoisotopic (exact) mass is 282 g/mol. The Hall–Kier alpha value is -2.00. The van der Waals surface area contributed by atoms with Crippen molar-refractivity contribution in [3.63, 3.8) is 0 Å². The summed E-state index contributed by atoms with van der Waals surface area (Å²) in [6, 6.07) is 12.0. The second-order valence-electron chi connectivity index (χ2n) is 5.66. The zero-order valence-electron chi connectivity index (χ0n) is 12.6. The summed E-state index contributed by atoms with van der Waals surface area (Å²) < 4.78 is 0. The van der Waals surface area contributed by atoms with E-state index in [9.17, 15) is 4.79 Å². The molecule has 1 aromatic carbocycles. The number of hydrogen-bond acceptors (Lipinski definition) is 3. The lowest BCUT2D eigenvalue weighted by atomic mass is 9.96. The van der Waals surface area contributed by atoms with E-state index in [1.807, 2.05) is 36.5 Å². The maximum Gasteiger partial charge on any atom is 0.150 e. The summed E-state index contributed by atoms with van der Waals surface area (Å²) in [5, 5.41) is 3.58. The maximum atomic E-state index is 11.2. The molecule has 0 saturated heterocycles. The molecule has 0 amide bonds. The Labute approximate surface area is 126 Å². The molecule has 0 fully saturated rings. The Balaban J connectivity index is 2.21. The number of carbonyl (C=O) groups excluding carboxylic acids is 1. The summed E-state index contributed by atoms with van der Waals surface area (Å²) in [7, 11) is 0. The largest absolute Gasteiger partial charge is 0.309 e. The molecule has 0 spiro atoms. The van der Waals surface area contributed by atoms with E-state index in [2.05, 4.69) is 30.2 Å². The molecule has 3 nitrogen and oxygen atoms in total. The van der Waals surface area contributed by atoms with Crippen molar-refractivity contribution in [1.29, 1.82) is 0 Å². The lowest BCUT2D eigenvalue weighted by Crippen LogP contribution is -2.27. The number of aromatic nitrogens is 1. The molecule has 21 heavy (non-hydrogen) atoms. The number of aldehydes is 1. The molecule has 110 valence electrons. The molecule has 0 saturated carbocycles. The van der Waals surface area contributed by atoms with Crippen LogP contribution in [0.2, 0.25) is 0 Å². The third-order valence-electron chi connectivity index (χ3n) is 3.47. The summed E-state index contributed by atoms with van der Waals surface area (Å²) in [4.78, 5) is 15.4. The molecule has 0 aliphatic carbocycles. The minimum Gasteiger partial charge on any atom is -0.309 e. The van der Waals surface area contributed by atoms with Crippen molar-refractivity contribution in [2.75, 3.05) is 6.54 Å². The molecule has 0 aliphatic heterocycles. The van der Waals surface area contributed by atoms with E-state index in [0.717, 1.165) is 35.9 Å². The molecule has 1 atom stereocenters. The van der Waals surface area contributed by atoms with Crippen LogP contribution in [0.15, 0.2) is 48.8 Å². The fourth-order valence-electron chi connectivity index (χ4n) is 2.32. The standard InChI is InChI=1S/C18H22N2O/c1-14(2)11-20-18(16-8-5-9-19-12-16)10-15-6-3-4-7-17(15)13-21/h3-9,12-14,18,20H,10-11H2,1-2H3/t18-/m0/s1. The number of nitrogens with zero attached hydrogens (tertiary/aromatic N) is 1. The molecule has 1 aromatic heterocycles. The number of benzene rings is 1. The average molecular weight is 282 g/mol. The minimum atomic E-state index is 0.169. The number of rotatable bonds is 7. The van der Waals surface area contributed by atoms with Gasteiger partial charge in [-0.3, -0.25) is 9.78 Å². The van der Waals surface area contributed by atoms with Crippen LogP contribution in [0.3, 0.4) is 0 Å². The first-order valence-electron chi connectivity index (χ1n) is 7.37. The van der Waals surface area contributed by atoms with Crippen LogP contribution in [0.1, 0.15) is 41.4 Å². The predicted molar refractivity (Wildman–Crippen MR) is 85.4 cm³/mol. The molecule has 0 radical (unpaired) electrons. The van der Waals surface area contributed by atoms with Gasteiger partial charge in [0.2, 0.25) is 0 Å². The summed E-state index contributed by atoms with van der Waals surface area (Å²) in [6.07, 6.45) is 5.38. The average Bonchev–Trinajstić information content (AvgIpc) is 2.52. The van der Waals surface area contributed by atoms with Gasteiger partial charge < -0.3 is 5.32 Å². The molecule has 3 heteroatoms. The number of hydrogen-bond donors (Lipinski definition) is 1. The quantitative estimate of drug-likeness (QED) is 0.791. The number of nitrogens with one attached hydrogen (secondary N) is 1. The van der Waals surface area contributed by atoms with E-state index in [0.29, 0.717) is 5.92 Å². The van der Waals surface area contributed by atoms with Crippen molar-refractivity contribution in [2.45, 2.75) is 26.3 Å². The van der Waals surface area contributed by atoms with Gasteiger partial charge in [-0.2, -0.15) is 0 Å². The molecule has 1 heterocycles. The topological polar surface area (TPSA) is 42.0 Å². The van der Waals surface area contributed by atoms with Gasteiger partial charge in [0.1, 0.15) is 6.29 Å². The van der Waals surface area contributed by atoms with Crippen LogP contribution in [-0.2, 0) is 6.42 Å². The van der Waals surface area contributed by atoms with E-state index in [1.54, 1.807) is 6.20 Å². The Bertz CT molecular complexity index is 566. The molecule has 2 rings (SSSR count). The lowest BCUT2D eigenvalue weighted by Gasteiger charge is -2.21. The summed E-state index contributed by atoms with van der Waals surface area (Å²) in [6.45, 7) is 5.31. The smallest absolute Gasteiger partial charge is 0.150 e. The highest BCUT2D eigenvalue weighted by Crippen LogP contribution is 2.20. The molecule has 0 unspecified atom stereocenters. The highest BCUT2D eigenvalue weighted by Gasteiger charge is 2.14. The number of carbonyl (C=O) groups is 1. The van der Waals surface area contributed by atoms with Crippen molar-refractivity contribution in [3.05, 3.63) is 65.5 Å². The Morgan fingerprint density at radius 1 is 1.19 bits per heavy atom. The van der Waals surface area contributed by atoms with E-state index >= 15 is 0 Å². The van der Waals surface area contributed by atoms with Gasteiger partial charge in [0.05, 0.1) is 0 Å². The Kier molecular flexibility index (Phi) is 5.64. The second kappa shape index (κ2) is 7.70. The molecular formula is C18H22N2O. The Morgan fingerprint density at radius 2 is 2.00 bits per heavy atom. The van der Waals surface area contributed by atoms with Crippen molar-refractivity contribution in [1.82, 2.24) is 10.3 Å². The van der Waals surface area contributed by atoms with Gasteiger partial charge in [0, 0.05) is 24.0 Å². The molecule has 2 aromatic rings. The van der Waals surface area contributed by atoms with E-state index in [1.165, 1.54) is 0 Å².